The van der Waals surface area contributed by atoms with Gasteiger partial charge >= 0.3 is 0 Å². The van der Waals surface area contributed by atoms with E-state index >= 15 is 0 Å². The molecule has 3 aromatic rings. The number of aryl methyl sites for hydroxylation is 3. The minimum absolute atomic E-state index is 0.0155. The highest BCUT2D eigenvalue weighted by atomic mass is 19.1. The maximum absolute atomic E-state index is 12.5. The van der Waals surface area contributed by atoms with E-state index in [1.54, 1.807) is 6.92 Å². The van der Waals surface area contributed by atoms with Gasteiger partial charge in [0.25, 0.3) is 5.91 Å². The molecule has 0 heterocycles. The van der Waals surface area contributed by atoms with E-state index < -0.39 is 11.6 Å². The summed E-state index contributed by atoms with van der Waals surface area (Å²) in [4.78, 5) is 14.8. The van der Waals surface area contributed by atoms with Crippen molar-refractivity contribution in [3.05, 3.63) is 106 Å². The average molecular weight is 540 g/mol. The van der Waals surface area contributed by atoms with E-state index in [1.807, 2.05) is 26.0 Å². The first-order valence-corrected chi connectivity index (χ1v) is 13.9. The van der Waals surface area contributed by atoms with Crippen LogP contribution in [-0.2, 0) is 13.1 Å². The number of halogens is 2. The van der Waals surface area contributed by atoms with Gasteiger partial charge in [0.15, 0.2) is 0 Å². The van der Waals surface area contributed by atoms with Crippen molar-refractivity contribution < 1.29 is 13.6 Å². The van der Waals surface area contributed by atoms with Crippen molar-refractivity contribution in [3.8, 4) is 0 Å². The maximum atomic E-state index is 12.5. The minimum Gasteiger partial charge on any atom is -0.352 e. The van der Waals surface area contributed by atoms with Crippen molar-refractivity contribution in [2.75, 3.05) is 26.7 Å². The summed E-state index contributed by atoms with van der Waals surface area (Å²) in [5, 5.41) is 6.48. The van der Waals surface area contributed by atoms with E-state index in [0.29, 0.717) is 12.1 Å². The Morgan fingerprint density at radius 3 is 2.08 bits per heavy atom. The van der Waals surface area contributed by atoms with Crippen LogP contribution in [0.4, 0.5) is 8.78 Å². The summed E-state index contributed by atoms with van der Waals surface area (Å²) < 4.78 is 24.4. The van der Waals surface area contributed by atoms with Crippen LogP contribution >= 0.6 is 0 Å². The third kappa shape index (κ3) is 14.6. The predicted molar refractivity (Wildman–Crippen MR) is 160 cm³/mol. The fourth-order valence-corrected chi connectivity index (χ4v) is 4.12. The van der Waals surface area contributed by atoms with Gasteiger partial charge in [-0.2, -0.15) is 0 Å². The Kier molecular flexibility index (Phi) is 16.6. The molecule has 0 saturated heterocycles. The topological polar surface area (TPSA) is 44.4 Å². The van der Waals surface area contributed by atoms with Crippen molar-refractivity contribution in [2.24, 2.45) is 0 Å². The molecule has 0 spiro atoms. The quantitative estimate of drug-likeness (QED) is 0.250. The molecule has 0 aromatic heterocycles. The summed E-state index contributed by atoms with van der Waals surface area (Å²) in [6, 6.07) is 18.1. The van der Waals surface area contributed by atoms with Crippen LogP contribution in [0.1, 0.15) is 71.8 Å². The smallest absolute Gasteiger partial charge is 0.251 e. The van der Waals surface area contributed by atoms with E-state index in [9.17, 15) is 13.6 Å². The predicted octanol–water partition coefficient (Wildman–Crippen LogP) is 7.35. The molecular formula is C33H47F2N3O. The van der Waals surface area contributed by atoms with E-state index in [0.717, 1.165) is 56.2 Å². The first-order valence-electron chi connectivity index (χ1n) is 13.9. The van der Waals surface area contributed by atoms with Gasteiger partial charge in [0.1, 0.15) is 11.6 Å². The van der Waals surface area contributed by atoms with E-state index in [-0.39, 0.29) is 5.91 Å². The number of benzene rings is 3. The number of hydrogen-bond acceptors (Lipinski definition) is 3. The molecule has 0 aliphatic heterocycles. The molecule has 1 amide bonds. The summed E-state index contributed by atoms with van der Waals surface area (Å²) in [7, 11) is 2.12. The molecular weight excluding hydrogens is 492 g/mol. The Morgan fingerprint density at radius 1 is 0.821 bits per heavy atom. The van der Waals surface area contributed by atoms with Gasteiger partial charge in [0.2, 0.25) is 0 Å². The second kappa shape index (κ2) is 19.0. The monoisotopic (exact) mass is 539 g/mol. The van der Waals surface area contributed by atoms with Gasteiger partial charge in [0, 0.05) is 31.3 Å². The molecule has 0 unspecified atom stereocenters. The zero-order chi connectivity index (χ0) is 29.2. The molecule has 0 aliphatic carbocycles. The van der Waals surface area contributed by atoms with Crippen molar-refractivity contribution in [3.63, 3.8) is 0 Å². The third-order valence-electron chi connectivity index (χ3n) is 5.69. The summed E-state index contributed by atoms with van der Waals surface area (Å²) >= 11 is 0. The lowest BCUT2D eigenvalue weighted by Gasteiger charge is -2.16. The minimum atomic E-state index is -0.521. The molecule has 0 atom stereocenters. The van der Waals surface area contributed by atoms with Crippen molar-refractivity contribution in [1.29, 1.82) is 0 Å². The molecule has 214 valence electrons. The summed E-state index contributed by atoms with van der Waals surface area (Å²) in [6.07, 6.45) is 2.04. The largest absolute Gasteiger partial charge is 0.352 e. The van der Waals surface area contributed by atoms with Gasteiger partial charge in [0.05, 0.1) is 0 Å². The summed E-state index contributed by atoms with van der Waals surface area (Å²) in [5.74, 6) is -1.03. The van der Waals surface area contributed by atoms with E-state index in [2.05, 4.69) is 73.7 Å². The van der Waals surface area contributed by atoms with Gasteiger partial charge in [-0.15, -0.1) is 0 Å². The third-order valence-corrected chi connectivity index (χ3v) is 5.69. The van der Waals surface area contributed by atoms with Crippen LogP contribution in [0.5, 0.6) is 0 Å². The van der Waals surface area contributed by atoms with Gasteiger partial charge in [-0.25, -0.2) is 8.78 Å². The second-order valence-electron chi connectivity index (χ2n) is 9.67. The highest BCUT2D eigenvalue weighted by molar-refractivity contribution is 5.94. The molecule has 0 saturated carbocycles. The zero-order valence-electron chi connectivity index (χ0n) is 24.8. The molecule has 0 aliphatic rings. The molecule has 3 rings (SSSR count). The molecule has 0 bridgehead atoms. The normalized spacial score (nSPS) is 10.3. The Balaban J connectivity index is 0.000000578. The molecule has 0 fully saturated rings. The number of nitrogens with zero attached hydrogens (tertiary/aromatic N) is 1. The SMILES string of the molecule is CC.CCCN(C)Cc1cc(C)cc(C(=O)NCCCNCc2cccc(C)c2)c1.Cc1cc(F)cc(F)c1. The first kappa shape index (κ1) is 33.9. The first-order chi connectivity index (χ1) is 18.7. The number of carbonyl (C=O) groups is 1. The van der Waals surface area contributed by atoms with E-state index in [1.165, 1.54) is 28.8 Å². The second-order valence-corrected chi connectivity index (χ2v) is 9.67. The Morgan fingerprint density at radius 2 is 1.46 bits per heavy atom. The van der Waals surface area contributed by atoms with E-state index in [4.69, 9.17) is 0 Å². The number of amides is 1. The Labute approximate surface area is 234 Å². The summed E-state index contributed by atoms with van der Waals surface area (Å²) in [5.41, 5.74) is 6.27. The van der Waals surface area contributed by atoms with Gasteiger partial charge in [-0.05, 0) is 94.7 Å². The van der Waals surface area contributed by atoms with Crippen molar-refractivity contribution in [2.45, 2.75) is 67.5 Å². The Hall–Kier alpha value is -3.09. The molecule has 2 N–H and O–H groups in total. The van der Waals surface area contributed by atoms with Crippen LogP contribution in [0.15, 0.2) is 60.7 Å². The highest BCUT2D eigenvalue weighted by Gasteiger charge is 2.08. The molecule has 0 radical (unpaired) electrons. The highest BCUT2D eigenvalue weighted by Crippen LogP contribution is 2.12. The molecule has 4 nitrogen and oxygen atoms in total. The van der Waals surface area contributed by atoms with Crippen molar-refractivity contribution in [1.82, 2.24) is 15.5 Å². The fourth-order valence-electron chi connectivity index (χ4n) is 4.12. The lowest BCUT2D eigenvalue weighted by molar-refractivity contribution is 0.0953. The Bertz CT molecular complexity index is 1080. The van der Waals surface area contributed by atoms with Crippen LogP contribution in [0, 0.1) is 32.4 Å². The number of carbonyl (C=O) groups excluding carboxylic acids is 1. The van der Waals surface area contributed by atoms with Crippen LogP contribution in [0.2, 0.25) is 0 Å². The lowest BCUT2D eigenvalue weighted by Crippen LogP contribution is -2.27. The standard InChI is InChI=1S/C24H35N3O.C7H6F2.C2H6/c1-5-12-27(4)18-22-14-20(3)15-23(16-22)24(28)26-11-7-10-25-17-21-9-6-8-19(2)13-21;1-5-2-6(8)4-7(9)3-5;1-2/h6,8-9,13-16,25H,5,7,10-12,17-18H2,1-4H3,(H,26,28);2-4H,1H3;1-2H3. The van der Waals surface area contributed by atoms with Gasteiger partial charge < -0.3 is 15.5 Å². The van der Waals surface area contributed by atoms with Crippen LogP contribution in [-0.4, -0.2) is 37.5 Å². The van der Waals surface area contributed by atoms with Gasteiger partial charge in [-0.1, -0.05) is 62.2 Å². The van der Waals surface area contributed by atoms with Gasteiger partial charge in [-0.3, -0.25) is 4.79 Å². The molecule has 6 heteroatoms. The van der Waals surface area contributed by atoms with Crippen LogP contribution in [0.25, 0.3) is 0 Å². The zero-order valence-corrected chi connectivity index (χ0v) is 24.8. The van der Waals surface area contributed by atoms with Crippen LogP contribution < -0.4 is 10.6 Å². The fraction of sp³-hybridized carbons (Fsp3) is 0.424. The maximum Gasteiger partial charge on any atom is 0.251 e. The number of nitrogens with one attached hydrogen (secondary N) is 2. The molecule has 39 heavy (non-hydrogen) atoms. The van der Waals surface area contributed by atoms with Crippen LogP contribution in [0.3, 0.4) is 0 Å². The molecule has 3 aromatic carbocycles. The lowest BCUT2D eigenvalue weighted by atomic mass is 10.1. The van der Waals surface area contributed by atoms with Crippen molar-refractivity contribution >= 4 is 5.91 Å². The summed E-state index contributed by atoms with van der Waals surface area (Å²) in [6.45, 7) is 16.3. The number of rotatable bonds is 11. The number of hydrogen-bond donors (Lipinski definition) is 2. The average Bonchev–Trinajstić information content (AvgIpc) is 2.86.